The van der Waals surface area contributed by atoms with Crippen molar-refractivity contribution in [3.63, 3.8) is 0 Å². The van der Waals surface area contributed by atoms with Gasteiger partial charge in [0.1, 0.15) is 12.4 Å². The van der Waals surface area contributed by atoms with Gasteiger partial charge in [-0.25, -0.2) is 0 Å². The van der Waals surface area contributed by atoms with Crippen LogP contribution in [0.15, 0.2) is 29.4 Å². The Bertz CT molecular complexity index is 336. The minimum Gasteiger partial charge on any atom is -0.497 e. The Morgan fingerprint density at radius 3 is 2.31 bits per heavy atom. The van der Waals surface area contributed by atoms with E-state index in [1.54, 1.807) is 13.3 Å². The monoisotopic (exact) mass is 221 g/mol. The van der Waals surface area contributed by atoms with Crippen LogP contribution in [0.3, 0.4) is 0 Å². The SMILES string of the molecule is COc1ccc(CON=CC(C)(C)C)cc1. The van der Waals surface area contributed by atoms with Crippen LogP contribution in [0.25, 0.3) is 0 Å². The first kappa shape index (κ1) is 12.6. The van der Waals surface area contributed by atoms with Gasteiger partial charge >= 0.3 is 0 Å². The van der Waals surface area contributed by atoms with E-state index >= 15 is 0 Å². The summed E-state index contributed by atoms with van der Waals surface area (Å²) in [4.78, 5) is 5.20. The molecule has 3 nitrogen and oxygen atoms in total. The Morgan fingerprint density at radius 1 is 1.19 bits per heavy atom. The highest BCUT2D eigenvalue weighted by Crippen LogP contribution is 2.12. The Balaban J connectivity index is 2.40. The highest BCUT2D eigenvalue weighted by Gasteiger charge is 2.05. The van der Waals surface area contributed by atoms with Crippen LogP contribution in [0.4, 0.5) is 0 Å². The number of hydrogen-bond donors (Lipinski definition) is 0. The highest BCUT2D eigenvalue weighted by molar-refractivity contribution is 5.63. The normalized spacial score (nSPS) is 11.8. The standard InChI is InChI=1S/C13H19NO2/c1-13(2,3)10-14-16-9-11-5-7-12(15-4)8-6-11/h5-8,10H,9H2,1-4H3. The van der Waals surface area contributed by atoms with Crippen molar-refractivity contribution < 1.29 is 9.57 Å². The molecule has 0 spiro atoms. The lowest BCUT2D eigenvalue weighted by Crippen LogP contribution is -2.06. The summed E-state index contributed by atoms with van der Waals surface area (Å²) in [7, 11) is 1.65. The number of methoxy groups -OCH3 is 1. The van der Waals surface area contributed by atoms with Gasteiger partial charge in [-0.3, -0.25) is 0 Å². The van der Waals surface area contributed by atoms with Crippen LogP contribution in [-0.2, 0) is 11.4 Å². The Labute approximate surface area is 97.1 Å². The van der Waals surface area contributed by atoms with Crippen LogP contribution in [0.1, 0.15) is 26.3 Å². The van der Waals surface area contributed by atoms with E-state index in [-0.39, 0.29) is 5.41 Å². The highest BCUT2D eigenvalue weighted by atomic mass is 16.6. The zero-order valence-corrected chi connectivity index (χ0v) is 10.4. The van der Waals surface area contributed by atoms with Crippen molar-refractivity contribution in [2.24, 2.45) is 10.6 Å². The van der Waals surface area contributed by atoms with E-state index in [4.69, 9.17) is 9.57 Å². The molecule has 1 rings (SSSR count). The number of rotatable bonds is 4. The van der Waals surface area contributed by atoms with Gasteiger partial charge in [0.05, 0.1) is 7.11 Å². The molecule has 0 saturated heterocycles. The first-order chi connectivity index (χ1) is 7.51. The average molecular weight is 221 g/mol. The predicted molar refractivity (Wildman–Crippen MR) is 65.7 cm³/mol. The molecule has 0 aliphatic rings. The first-order valence-corrected chi connectivity index (χ1v) is 5.31. The fourth-order valence-corrected chi connectivity index (χ4v) is 1.03. The summed E-state index contributed by atoms with van der Waals surface area (Å²) in [5, 5.41) is 3.92. The molecule has 0 aromatic heterocycles. The number of nitrogens with zero attached hydrogens (tertiary/aromatic N) is 1. The molecule has 0 aliphatic carbocycles. The molecule has 0 unspecified atom stereocenters. The third kappa shape index (κ3) is 4.82. The molecule has 3 heteroatoms. The first-order valence-electron chi connectivity index (χ1n) is 5.31. The molecule has 0 atom stereocenters. The molecule has 88 valence electrons. The Hall–Kier alpha value is -1.51. The van der Waals surface area contributed by atoms with Gasteiger partial charge in [-0.15, -0.1) is 0 Å². The average Bonchev–Trinajstić information content (AvgIpc) is 2.24. The van der Waals surface area contributed by atoms with Crippen molar-refractivity contribution in [2.45, 2.75) is 27.4 Å². The van der Waals surface area contributed by atoms with Gasteiger partial charge in [0.15, 0.2) is 0 Å². The second-order valence-corrected chi connectivity index (χ2v) is 4.72. The number of oxime groups is 1. The topological polar surface area (TPSA) is 30.8 Å². The summed E-state index contributed by atoms with van der Waals surface area (Å²) in [6, 6.07) is 7.75. The van der Waals surface area contributed by atoms with Crippen LogP contribution >= 0.6 is 0 Å². The summed E-state index contributed by atoms with van der Waals surface area (Å²) in [6.45, 7) is 6.71. The molecule has 1 aromatic carbocycles. The number of hydrogen-bond acceptors (Lipinski definition) is 3. The lowest BCUT2D eigenvalue weighted by atomic mass is 10.00. The van der Waals surface area contributed by atoms with E-state index in [0.29, 0.717) is 6.61 Å². The van der Waals surface area contributed by atoms with Gasteiger partial charge in [-0.05, 0) is 17.7 Å². The third-order valence-electron chi connectivity index (χ3n) is 1.90. The fourth-order valence-electron chi connectivity index (χ4n) is 1.03. The third-order valence-corrected chi connectivity index (χ3v) is 1.90. The van der Waals surface area contributed by atoms with Gasteiger partial charge in [0.2, 0.25) is 0 Å². The van der Waals surface area contributed by atoms with E-state index in [2.05, 4.69) is 25.9 Å². The van der Waals surface area contributed by atoms with E-state index in [1.165, 1.54) is 0 Å². The lowest BCUT2D eigenvalue weighted by molar-refractivity contribution is 0.129. The van der Waals surface area contributed by atoms with Crippen LogP contribution in [0.2, 0.25) is 0 Å². The van der Waals surface area contributed by atoms with Crippen LogP contribution < -0.4 is 4.74 Å². The summed E-state index contributed by atoms with van der Waals surface area (Å²) in [5.74, 6) is 0.849. The molecular formula is C13H19NO2. The lowest BCUT2D eigenvalue weighted by Gasteiger charge is -2.09. The molecule has 16 heavy (non-hydrogen) atoms. The van der Waals surface area contributed by atoms with Crippen molar-refractivity contribution in [3.8, 4) is 5.75 Å². The summed E-state index contributed by atoms with van der Waals surface area (Å²) in [6.07, 6.45) is 1.80. The minimum atomic E-state index is 0.0555. The maximum Gasteiger partial charge on any atom is 0.142 e. The molecule has 0 N–H and O–H groups in total. The Kier molecular flexibility index (Phi) is 4.35. The molecule has 0 amide bonds. The molecule has 0 fully saturated rings. The van der Waals surface area contributed by atoms with Crippen molar-refractivity contribution in [1.82, 2.24) is 0 Å². The van der Waals surface area contributed by atoms with Gasteiger partial charge in [0.25, 0.3) is 0 Å². The number of ether oxygens (including phenoxy) is 1. The summed E-state index contributed by atoms with van der Waals surface area (Å²) < 4.78 is 5.07. The smallest absolute Gasteiger partial charge is 0.142 e. The molecule has 1 aromatic rings. The van der Waals surface area contributed by atoms with Crippen molar-refractivity contribution in [3.05, 3.63) is 29.8 Å². The second kappa shape index (κ2) is 5.54. The Morgan fingerprint density at radius 2 is 1.81 bits per heavy atom. The van der Waals surface area contributed by atoms with E-state index in [0.717, 1.165) is 11.3 Å². The van der Waals surface area contributed by atoms with Crippen LogP contribution in [0.5, 0.6) is 5.75 Å². The molecular weight excluding hydrogens is 202 g/mol. The zero-order valence-electron chi connectivity index (χ0n) is 10.4. The maximum absolute atomic E-state index is 5.20. The van der Waals surface area contributed by atoms with Crippen molar-refractivity contribution in [1.29, 1.82) is 0 Å². The largest absolute Gasteiger partial charge is 0.497 e. The number of benzene rings is 1. The molecule has 0 radical (unpaired) electrons. The summed E-state index contributed by atoms with van der Waals surface area (Å²) in [5.41, 5.74) is 1.13. The van der Waals surface area contributed by atoms with Gasteiger partial charge in [-0.1, -0.05) is 38.1 Å². The summed E-state index contributed by atoms with van der Waals surface area (Å²) >= 11 is 0. The minimum absolute atomic E-state index is 0.0555. The maximum atomic E-state index is 5.20. The van der Waals surface area contributed by atoms with Gasteiger partial charge in [0, 0.05) is 11.6 Å². The van der Waals surface area contributed by atoms with Crippen molar-refractivity contribution >= 4 is 6.21 Å². The molecule has 0 aliphatic heterocycles. The zero-order chi connectivity index (χ0) is 12.0. The van der Waals surface area contributed by atoms with Crippen LogP contribution in [-0.4, -0.2) is 13.3 Å². The molecule has 0 bridgehead atoms. The van der Waals surface area contributed by atoms with Crippen molar-refractivity contribution in [2.75, 3.05) is 7.11 Å². The van der Waals surface area contributed by atoms with E-state index < -0.39 is 0 Å². The second-order valence-electron chi connectivity index (χ2n) is 4.72. The predicted octanol–water partition coefficient (Wildman–Crippen LogP) is 3.24. The quantitative estimate of drug-likeness (QED) is 0.577. The van der Waals surface area contributed by atoms with Gasteiger partial charge < -0.3 is 9.57 Å². The molecule has 0 heterocycles. The fraction of sp³-hybridized carbons (Fsp3) is 0.462. The van der Waals surface area contributed by atoms with E-state index in [1.807, 2.05) is 24.3 Å². The van der Waals surface area contributed by atoms with Crippen LogP contribution in [0, 0.1) is 5.41 Å². The van der Waals surface area contributed by atoms with E-state index in [9.17, 15) is 0 Å². The van der Waals surface area contributed by atoms with Gasteiger partial charge in [-0.2, -0.15) is 0 Å². The molecule has 0 saturated carbocycles.